The summed E-state index contributed by atoms with van der Waals surface area (Å²) in [6, 6.07) is 6.78. The van der Waals surface area contributed by atoms with Gasteiger partial charge in [-0.15, -0.1) is 0 Å². The van der Waals surface area contributed by atoms with Crippen molar-refractivity contribution in [2.75, 3.05) is 0 Å². The van der Waals surface area contributed by atoms with Crippen molar-refractivity contribution >= 4 is 55.2 Å². The number of unbranched alkanes of at least 4 members (excludes halogenated alkanes) is 2. The van der Waals surface area contributed by atoms with Gasteiger partial charge in [-0.2, -0.15) is 0 Å². The molecule has 0 bridgehead atoms. The maximum absolute atomic E-state index is 10.9. The average molecular weight is 300 g/mol. The molecule has 0 aromatic heterocycles. The summed E-state index contributed by atoms with van der Waals surface area (Å²) in [7, 11) is 0. The Morgan fingerprint density at radius 2 is 1.70 bits per heavy atom. The Kier molecular flexibility index (Phi) is 9.55. The van der Waals surface area contributed by atoms with Crippen molar-refractivity contribution in [3.63, 3.8) is 0 Å². The first-order valence-electron chi connectivity index (χ1n) is 6.28. The van der Waals surface area contributed by atoms with E-state index in [4.69, 9.17) is 0 Å². The molecule has 20 heavy (non-hydrogen) atoms. The normalized spacial score (nSPS) is 10.8. The third kappa shape index (κ3) is 6.55. The number of hydrogen-bond acceptors (Lipinski definition) is 4. The molecule has 1 rings (SSSR count). The smallest absolute Gasteiger partial charge is 0.545 e. The van der Waals surface area contributed by atoms with Crippen molar-refractivity contribution in [3.05, 3.63) is 41.5 Å². The van der Waals surface area contributed by atoms with Crippen LogP contribution in [0.3, 0.4) is 0 Å². The third-order valence-corrected chi connectivity index (χ3v) is 2.82. The van der Waals surface area contributed by atoms with Gasteiger partial charge in [-0.1, -0.05) is 44.0 Å². The van der Waals surface area contributed by atoms with Gasteiger partial charge >= 0.3 is 37.7 Å². The van der Waals surface area contributed by atoms with Crippen molar-refractivity contribution in [1.29, 1.82) is 0 Å². The average Bonchev–Trinajstić information content (AvgIpc) is 2.37. The molecule has 0 radical (unpaired) electrons. The van der Waals surface area contributed by atoms with Gasteiger partial charge in [0.2, 0.25) is 0 Å². The Morgan fingerprint density at radius 3 is 2.15 bits per heavy atom. The van der Waals surface area contributed by atoms with Crippen molar-refractivity contribution in [2.24, 2.45) is 0 Å². The van der Waals surface area contributed by atoms with Gasteiger partial charge in [0, 0.05) is 5.57 Å². The Morgan fingerprint density at radius 1 is 1.10 bits per heavy atom. The summed E-state index contributed by atoms with van der Waals surface area (Å²) in [6.45, 7) is 2.12. The van der Waals surface area contributed by atoms with E-state index >= 15 is 0 Å². The van der Waals surface area contributed by atoms with Crippen LogP contribution < -0.4 is 10.2 Å². The summed E-state index contributed by atoms with van der Waals surface area (Å²) < 4.78 is 0. The Hall–Kier alpha value is -0.840. The number of aryl methyl sites for hydroxylation is 1. The minimum atomic E-state index is -1.55. The van der Waals surface area contributed by atoms with Crippen LogP contribution in [0.15, 0.2) is 30.3 Å². The van der Waals surface area contributed by atoms with E-state index in [-0.39, 0.29) is 43.3 Å². The maximum Gasteiger partial charge on any atom is 2.00 e. The first-order chi connectivity index (χ1) is 9.04. The molecule has 0 amide bonds. The number of carboxylic acid groups (broad SMARTS) is 2. The predicted molar refractivity (Wildman–Crippen MR) is 73.4 cm³/mol. The van der Waals surface area contributed by atoms with E-state index in [0.717, 1.165) is 31.2 Å². The molecule has 0 aliphatic heterocycles. The van der Waals surface area contributed by atoms with Crippen molar-refractivity contribution in [2.45, 2.75) is 32.6 Å². The molecule has 0 fully saturated rings. The number of hydrogen-bond donors (Lipinski definition) is 0. The maximum atomic E-state index is 10.9. The molecule has 102 valence electrons. The van der Waals surface area contributed by atoms with Gasteiger partial charge in [0.15, 0.2) is 0 Å². The van der Waals surface area contributed by atoms with Crippen LogP contribution in [0.1, 0.15) is 37.3 Å². The molecule has 0 N–H and O–H groups in total. The number of aliphatic carboxylic acids is 2. The molecule has 0 saturated carbocycles. The first kappa shape index (κ1) is 19.2. The fourth-order valence-electron chi connectivity index (χ4n) is 1.81. The zero-order valence-electron chi connectivity index (χ0n) is 11.6. The van der Waals surface area contributed by atoms with E-state index in [1.54, 1.807) is 24.3 Å². The van der Waals surface area contributed by atoms with Gasteiger partial charge in [0.1, 0.15) is 0 Å². The SMILES string of the molecule is CCCCCc1ccc(/C(=C/C(=O)[O-])C(=O)[O-])cc1.[Ca+2]. The summed E-state index contributed by atoms with van der Waals surface area (Å²) in [4.78, 5) is 21.3. The van der Waals surface area contributed by atoms with Crippen molar-refractivity contribution < 1.29 is 19.8 Å². The van der Waals surface area contributed by atoms with Gasteiger partial charge in [-0.05, 0) is 30.0 Å². The van der Waals surface area contributed by atoms with E-state index in [1.165, 1.54) is 0 Å². The molecule has 0 atom stereocenters. The molecule has 0 saturated heterocycles. The first-order valence-corrected chi connectivity index (χ1v) is 6.28. The molecular weight excluding hydrogens is 284 g/mol. The monoisotopic (exact) mass is 300 g/mol. The number of carboxylic acids is 2. The van der Waals surface area contributed by atoms with Crippen LogP contribution in [0.5, 0.6) is 0 Å². The topological polar surface area (TPSA) is 80.3 Å². The fourth-order valence-corrected chi connectivity index (χ4v) is 1.81. The number of rotatable bonds is 7. The molecule has 0 aliphatic carbocycles. The number of carbonyl (C=O) groups is 2. The van der Waals surface area contributed by atoms with Crippen molar-refractivity contribution in [3.8, 4) is 0 Å². The fraction of sp³-hybridized carbons (Fsp3) is 0.333. The van der Waals surface area contributed by atoms with E-state index in [1.807, 2.05) is 0 Å². The van der Waals surface area contributed by atoms with E-state index in [0.29, 0.717) is 11.6 Å². The minimum Gasteiger partial charge on any atom is -0.545 e. The van der Waals surface area contributed by atoms with E-state index in [2.05, 4.69) is 6.92 Å². The molecule has 0 unspecified atom stereocenters. The molecule has 4 nitrogen and oxygen atoms in total. The predicted octanol–water partition coefficient (Wildman–Crippen LogP) is -0.0783. The quantitative estimate of drug-likeness (QED) is 0.401. The molecular formula is C15H16CaO4. The zero-order valence-corrected chi connectivity index (χ0v) is 13.8. The van der Waals surface area contributed by atoms with Gasteiger partial charge < -0.3 is 19.8 Å². The van der Waals surface area contributed by atoms with Crippen LogP contribution in [-0.4, -0.2) is 49.7 Å². The third-order valence-electron chi connectivity index (χ3n) is 2.82. The van der Waals surface area contributed by atoms with Crippen molar-refractivity contribution in [1.82, 2.24) is 0 Å². The van der Waals surface area contributed by atoms with E-state index in [9.17, 15) is 19.8 Å². The van der Waals surface area contributed by atoms with Gasteiger partial charge in [0.25, 0.3) is 0 Å². The van der Waals surface area contributed by atoms with Gasteiger partial charge in [-0.25, -0.2) is 0 Å². The van der Waals surface area contributed by atoms with E-state index < -0.39 is 11.9 Å². The Labute approximate surface area is 148 Å². The zero-order chi connectivity index (χ0) is 14.3. The van der Waals surface area contributed by atoms with Gasteiger partial charge in [-0.3, -0.25) is 0 Å². The number of benzene rings is 1. The summed E-state index contributed by atoms with van der Waals surface area (Å²) in [5.74, 6) is -3.07. The minimum absolute atomic E-state index is 0. The van der Waals surface area contributed by atoms with Crippen LogP contribution in [0, 0.1) is 0 Å². The molecule has 0 spiro atoms. The molecule has 1 aromatic carbocycles. The van der Waals surface area contributed by atoms with Crippen LogP contribution in [0.2, 0.25) is 0 Å². The Bertz CT molecular complexity index is 477. The molecule has 1 aromatic rings. The van der Waals surface area contributed by atoms with Gasteiger partial charge in [0.05, 0.1) is 11.9 Å². The molecule has 0 aliphatic rings. The molecule has 5 heteroatoms. The molecule has 0 heterocycles. The second-order valence-corrected chi connectivity index (χ2v) is 4.32. The van der Waals surface area contributed by atoms with Crippen LogP contribution >= 0.6 is 0 Å². The second kappa shape index (κ2) is 9.97. The summed E-state index contributed by atoms with van der Waals surface area (Å²) in [6.07, 6.45) is 4.84. The van der Waals surface area contributed by atoms with Crippen LogP contribution in [0.4, 0.5) is 0 Å². The number of carbonyl (C=O) groups excluding carboxylic acids is 2. The van der Waals surface area contributed by atoms with Crippen LogP contribution in [0.25, 0.3) is 5.57 Å². The largest absolute Gasteiger partial charge is 2.00 e. The summed E-state index contributed by atoms with van der Waals surface area (Å²) in [5, 5.41) is 21.3. The summed E-state index contributed by atoms with van der Waals surface area (Å²) in [5.41, 5.74) is 1.03. The second-order valence-electron chi connectivity index (χ2n) is 4.32. The van der Waals surface area contributed by atoms with Crippen LogP contribution in [-0.2, 0) is 16.0 Å². The Balaban J connectivity index is 0.00000361. The summed E-state index contributed by atoms with van der Waals surface area (Å²) >= 11 is 0. The standard InChI is InChI=1S/C15H18O4.Ca/c1-2-3-4-5-11-6-8-12(9-7-11)13(15(18)19)10-14(16)17;/h6-10H,2-5H2,1H3,(H,16,17)(H,18,19);/q;+2/p-2/b13-10-;.